The third kappa shape index (κ3) is 5.77. The van der Waals surface area contributed by atoms with Crippen molar-refractivity contribution in [3.8, 4) is 44.5 Å². The van der Waals surface area contributed by atoms with Gasteiger partial charge in [-0.25, -0.2) is 0 Å². The summed E-state index contributed by atoms with van der Waals surface area (Å²) < 4.78 is 0. The molecule has 1 unspecified atom stereocenters. The van der Waals surface area contributed by atoms with Crippen molar-refractivity contribution in [3.05, 3.63) is 247 Å². The fraction of sp³-hybridized carbons (Fsp3) is 0.0345. The van der Waals surface area contributed by atoms with Crippen LogP contribution in [-0.2, 0) is 5.41 Å². The van der Waals surface area contributed by atoms with Gasteiger partial charge in [0, 0.05) is 22.2 Å². The molecule has 0 bridgehead atoms. The van der Waals surface area contributed by atoms with Crippen molar-refractivity contribution in [2.45, 2.75) is 12.3 Å². The highest BCUT2D eigenvalue weighted by Crippen LogP contribution is 2.55. The predicted octanol–water partition coefficient (Wildman–Crippen LogP) is 15.8. The van der Waals surface area contributed by atoms with E-state index in [0.29, 0.717) is 0 Å². The molecule has 1 nitrogen and oxygen atoms in total. The number of rotatable bonds is 7. The second-order valence-corrected chi connectivity index (χ2v) is 15.8. The van der Waals surface area contributed by atoms with Gasteiger partial charge in [-0.05, 0) is 115 Å². The lowest BCUT2D eigenvalue weighted by molar-refractivity contribution is 0.714. The van der Waals surface area contributed by atoms with Gasteiger partial charge in [-0.3, -0.25) is 0 Å². The molecule has 11 rings (SSSR count). The van der Waals surface area contributed by atoms with E-state index in [-0.39, 0.29) is 5.41 Å². The highest BCUT2D eigenvalue weighted by atomic mass is 15.1. The molecule has 0 aromatic heterocycles. The van der Waals surface area contributed by atoms with Crippen LogP contribution in [-0.4, -0.2) is 0 Å². The van der Waals surface area contributed by atoms with E-state index in [2.05, 4.69) is 242 Å². The fourth-order valence-electron chi connectivity index (χ4n) is 9.63. The van der Waals surface area contributed by atoms with Crippen LogP contribution in [0.1, 0.15) is 23.6 Å². The molecule has 0 saturated heterocycles. The van der Waals surface area contributed by atoms with Crippen LogP contribution in [0.15, 0.2) is 231 Å². The summed E-state index contributed by atoms with van der Waals surface area (Å²) in [6.07, 6.45) is 0. The van der Waals surface area contributed by atoms with Gasteiger partial charge in [-0.15, -0.1) is 0 Å². The lowest BCUT2D eigenvalue weighted by Gasteiger charge is -2.28. The van der Waals surface area contributed by atoms with E-state index in [1.54, 1.807) is 0 Å². The quantitative estimate of drug-likeness (QED) is 0.157. The van der Waals surface area contributed by atoms with Crippen LogP contribution in [0.5, 0.6) is 0 Å². The SMILES string of the molecule is CC1(c2ccccc2)c2ccccc2-c2c(-c3ccc(N(c4cccc(-c5ccc(-c6cccc7ccccc67)cc5)c4)c4cccc5ccccc45)cc3)cccc21. The van der Waals surface area contributed by atoms with E-state index < -0.39 is 0 Å². The van der Waals surface area contributed by atoms with Gasteiger partial charge in [-0.1, -0.05) is 200 Å². The van der Waals surface area contributed by atoms with Crippen molar-refractivity contribution in [2.75, 3.05) is 4.90 Å². The molecular weight excluding hydrogens is 711 g/mol. The van der Waals surface area contributed by atoms with Gasteiger partial charge < -0.3 is 4.90 Å². The van der Waals surface area contributed by atoms with Crippen molar-refractivity contribution in [3.63, 3.8) is 0 Å². The second kappa shape index (κ2) is 14.2. The first kappa shape index (κ1) is 34.7. The number of fused-ring (bicyclic) bond motifs is 5. The maximum absolute atomic E-state index is 2.41. The monoisotopic (exact) mass is 751 g/mol. The van der Waals surface area contributed by atoms with E-state index in [1.807, 2.05) is 0 Å². The molecule has 0 radical (unpaired) electrons. The van der Waals surface area contributed by atoms with Crippen LogP contribution >= 0.6 is 0 Å². The van der Waals surface area contributed by atoms with Crippen molar-refractivity contribution in [1.29, 1.82) is 0 Å². The Labute approximate surface area is 346 Å². The van der Waals surface area contributed by atoms with E-state index in [1.165, 1.54) is 82.7 Å². The molecule has 0 amide bonds. The lowest BCUT2D eigenvalue weighted by atomic mass is 9.74. The summed E-state index contributed by atoms with van der Waals surface area (Å²) in [5.41, 5.74) is 17.1. The molecule has 0 saturated carbocycles. The van der Waals surface area contributed by atoms with Crippen LogP contribution in [0.25, 0.3) is 66.1 Å². The maximum Gasteiger partial charge on any atom is 0.0540 e. The first-order valence-electron chi connectivity index (χ1n) is 20.5. The molecule has 1 aliphatic rings. The van der Waals surface area contributed by atoms with Gasteiger partial charge in [0.1, 0.15) is 0 Å². The van der Waals surface area contributed by atoms with Gasteiger partial charge in [-0.2, -0.15) is 0 Å². The molecule has 10 aromatic rings. The molecule has 59 heavy (non-hydrogen) atoms. The summed E-state index contributed by atoms with van der Waals surface area (Å²) in [6, 6.07) is 84.4. The summed E-state index contributed by atoms with van der Waals surface area (Å²) in [5, 5.41) is 4.95. The third-order valence-electron chi connectivity index (χ3n) is 12.6. The van der Waals surface area contributed by atoms with Crippen molar-refractivity contribution < 1.29 is 0 Å². The third-order valence-corrected chi connectivity index (χ3v) is 12.6. The topological polar surface area (TPSA) is 3.24 Å². The normalized spacial score (nSPS) is 14.3. The smallest absolute Gasteiger partial charge is 0.0540 e. The molecule has 1 atom stereocenters. The van der Waals surface area contributed by atoms with Crippen molar-refractivity contribution in [2.24, 2.45) is 0 Å². The van der Waals surface area contributed by atoms with Gasteiger partial charge in [0.05, 0.1) is 5.69 Å². The average Bonchev–Trinajstić information content (AvgIpc) is 3.58. The van der Waals surface area contributed by atoms with Crippen molar-refractivity contribution >= 4 is 38.6 Å². The highest BCUT2D eigenvalue weighted by molar-refractivity contribution is 6.00. The zero-order valence-corrected chi connectivity index (χ0v) is 32.9. The van der Waals surface area contributed by atoms with Gasteiger partial charge in [0.25, 0.3) is 0 Å². The molecule has 0 spiro atoms. The number of nitrogens with zero attached hydrogens (tertiary/aromatic N) is 1. The Morgan fingerprint density at radius 2 is 0.881 bits per heavy atom. The van der Waals surface area contributed by atoms with E-state index in [4.69, 9.17) is 0 Å². The van der Waals surface area contributed by atoms with Crippen LogP contribution in [0.2, 0.25) is 0 Å². The molecule has 0 N–H and O–H groups in total. The molecule has 0 fully saturated rings. The summed E-state index contributed by atoms with van der Waals surface area (Å²) in [6.45, 7) is 2.38. The summed E-state index contributed by atoms with van der Waals surface area (Å²) in [5.74, 6) is 0. The van der Waals surface area contributed by atoms with Crippen LogP contribution in [0, 0.1) is 0 Å². The minimum atomic E-state index is -0.241. The molecule has 1 heteroatoms. The first-order chi connectivity index (χ1) is 29.1. The summed E-state index contributed by atoms with van der Waals surface area (Å²) in [4.78, 5) is 2.41. The zero-order valence-electron chi connectivity index (χ0n) is 32.9. The molecule has 278 valence electrons. The fourth-order valence-corrected chi connectivity index (χ4v) is 9.63. The Kier molecular flexibility index (Phi) is 8.34. The highest BCUT2D eigenvalue weighted by Gasteiger charge is 2.41. The molecule has 10 aromatic carbocycles. The zero-order chi connectivity index (χ0) is 39.3. The van der Waals surface area contributed by atoms with Gasteiger partial charge in [0.15, 0.2) is 0 Å². The van der Waals surface area contributed by atoms with E-state index >= 15 is 0 Å². The maximum atomic E-state index is 2.41. The minimum absolute atomic E-state index is 0.241. The minimum Gasteiger partial charge on any atom is -0.310 e. The molecule has 0 aliphatic heterocycles. The lowest BCUT2D eigenvalue weighted by Crippen LogP contribution is -2.22. The second-order valence-electron chi connectivity index (χ2n) is 15.8. The Hall–Kier alpha value is -7.48. The molecule has 0 heterocycles. The predicted molar refractivity (Wildman–Crippen MR) is 250 cm³/mol. The Balaban J connectivity index is 1.01. The largest absolute Gasteiger partial charge is 0.310 e. The Morgan fingerprint density at radius 3 is 1.69 bits per heavy atom. The Bertz CT molecular complexity index is 3150. The number of hydrogen-bond acceptors (Lipinski definition) is 1. The summed E-state index contributed by atoms with van der Waals surface area (Å²) in [7, 11) is 0. The van der Waals surface area contributed by atoms with E-state index in [9.17, 15) is 0 Å². The van der Waals surface area contributed by atoms with Gasteiger partial charge >= 0.3 is 0 Å². The summed E-state index contributed by atoms with van der Waals surface area (Å²) >= 11 is 0. The standard InChI is InChI=1S/C58H41N/c1-58(46-20-3-2-4-21-46)54-28-10-9-25-53(54)57-52(27-14-29-55(57)58)44-35-37-47(38-36-44)59(56-30-13-18-42-16-6-8-24-51(42)56)48-22-11-19-45(39-48)40-31-33-43(34-32-40)50-26-12-17-41-15-5-7-23-49(41)50/h2-39H,1H3. The van der Waals surface area contributed by atoms with Crippen LogP contribution in [0.3, 0.4) is 0 Å². The number of hydrogen-bond donors (Lipinski definition) is 0. The van der Waals surface area contributed by atoms with Gasteiger partial charge in [0.2, 0.25) is 0 Å². The van der Waals surface area contributed by atoms with Crippen molar-refractivity contribution in [1.82, 2.24) is 0 Å². The molecule has 1 aliphatic carbocycles. The average molecular weight is 752 g/mol. The van der Waals surface area contributed by atoms with E-state index in [0.717, 1.165) is 17.1 Å². The number of benzene rings is 10. The van der Waals surface area contributed by atoms with Crippen LogP contribution in [0.4, 0.5) is 17.1 Å². The first-order valence-corrected chi connectivity index (χ1v) is 20.5. The number of anilines is 3. The van der Waals surface area contributed by atoms with Crippen LogP contribution < -0.4 is 4.90 Å². The molecular formula is C58H41N. The Morgan fingerprint density at radius 1 is 0.339 bits per heavy atom.